The van der Waals surface area contributed by atoms with Crippen LogP contribution in [-0.2, 0) is 6.42 Å². The van der Waals surface area contributed by atoms with E-state index in [-0.39, 0.29) is 0 Å². The van der Waals surface area contributed by atoms with E-state index < -0.39 is 0 Å². The van der Waals surface area contributed by atoms with Gasteiger partial charge in [0.2, 0.25) is 0 Å². The molecule has 68 valence electrons. The Morgan fingerprint density at radius 1 is 1.25 bits per heavy atom. The maximum absolute atomic E-state index is 4.17. The molecule has 2 nitrogen and oxygen atoms in total. The predicted molar refractivity (Wildman–Crippen MR) is 51.3 cm³/mol. The van der Waals surface area contributed by atoms with E-state index in [1.807, 2.05) is 0 Å². The summed E-state index contributed by atoms with van der Waals surface area (Å²) in [6.07, 6.45) is 5.08. The van der Waals surface area contributed by atoms with Gasteiger partial charge in [-0.1, -0.05) is 19.8 Å². The number of nitrogens with one attached hydrogen (secondary N) is 1. The Labute approximate surface area is 74.4 Å². The zero-order chi connectivity index (χ0) is 8.97. The van der Waals surface area contributed by atoms with Crippen LogP contribution in [0.15, 0.2) is 0 Å². The molecule has 0 aromatic carbocycles. The molecular weight excluding hydrogens is 148 g/mol. The lowest BCUT2D eigenvalue weighted by Gasteiger charge is -1.99. The maximum Gasteiger partial charge on any atom is 0.0625 e. The van der Waals surface area contributed by atoms with Crippen molar-refractivity contribution in [3.8, 4) is 0 Å². The fourth-order valence-corrected chi connectivity index (χ4v) is 1.49. The molecule has 1 aromatic rings. The topological polar surface area (TPSA) is 28.7 Å². The van der Waals surface area contributed by atoms with Gasteiger partial charge >= 0.3 is 0 Å². The number of H-pyrrole nitrogens is 1. The number of hydrogen-bond acceptors (Lipinski definition) is 1. The van der Waals surface area contributed by atoms with E-state index in [1.165, 1.54) is 42.6 Å². The smallest absolute Gasteiger partial charge is 0.0625 e. The average molecular weight is 166 g/mol. The SMILES string of the molecule is CCCCCc1c(C)n[nH]c1C. The van der Waals surface area contributed by atoms with Gasteiger partial charge in [-0.15, -0.1) is 0 Å². The van der Waals surface area contributed by atoms with Gasteiger partial charge in [-0.05, 0) is 32.3 Å². The molecule has 0 saturated heterocycles. The van der Waals surface area contributed by atoms with Crippen molar-refractivity contribution in [3.63, 3.8) is 0 Å². The van der Waals surface area contributed by atoms with E-state index in [9.17, 15) is 0 Å². The molecule has 0 fully saturated rings. The Bertz CT molecular complexity index is 218. The zero-order valence-electron chi connectivity index (χ0n) is 8.28. The third-order valence-corrected chi connectivity index (χ3v) is 2.31. The molecule has 0 atom stereocenters. The zero-order valence-corrected chi connectivity index (χ0v) is 8.28. The number of aromatic nitrogens is 2. The van der Waals surface area contributed by atoms with Crippen LogP contribution in [0.1, 0.15) is 43.1 Å². The first-order valence-corrected chi connectivity index (χ1v) is 4.76. The molecular formula is C10H18N2. The number of unbranched alkanes of at least 4 members (excludes halogenated alkanes) is 2. The first-order valence-electron chi connectivity index (χ1n) is 4.76. The lowest BCUT2D eigenvalue weighted by molar-refractivity contribution is 0.713. The Kier molecular flexibility index (Phi) is 3.32. The second-order valence-electron chi connectivity index (χ2n) is 3.37. The Balaban J connectivity index is 2.50. The average Bonchev–Trinajstić information content (AvgIpc) is 2.35. The van der Waals surface area contributed by atoms with Gasteiger partial charge in [0.05, 0.1) is 5.69 Å². The van der Waals surface area contributed by atoms with Crippen LogP contribution in [0, 0.1) is 13.8 Å². The van der Waals surface area contributed by atoms with Gasteiger partial charge in [0.25, 0.3) is 0 Å². The summed E-state index contributed by atoms with van der Waals surface area (Å²) >= 11 is 0. The van der Waals surface area contributed by atoms with E-state index in [0.29, 0.717) is 0 Å². The summed E-state index contributed by atoms with van der Waals surface area (Å²) < 4.78 is 0. The van der Waals surface area contributed by atoms with Crippen LogP contribution in [-0.4, -0.2) is 10.2 Å². The van der Waals surface area contributed by atoms with Crippen LogP contribution < -0.4 is 0 Å². The van der Waals surface area contributed by atoms with Crippen molar-refractivity contribution in [2.45, 2.75) is 46.5 Å². The predicted octanol–water partition coefficient (Wildman–Crippen LogP) is 2.76. The molecule has 0 aliphatic heterocycles. The first kappa shape index (κ1) is 9.30. The molecule has 0 spiro atoms. The Morgan fingerprint density at radius 3 is 2.50 bits per heavy atom. The summed E-state index contributed by atoms with van der Waals surface area (Å²) in [5.74, 6) is 0. The first-order chi connectivity index (χ1) is 5.75. The third-order valence-electron chi connectivity index (χ3n) is 2.31. The Hall–Kier alpha value is -0.790. The van der Waals surface area contributed by atoms with Crippen LogP contribution in [0.3, 0.4) is 0 Å². The minimum absolute atomic E-state index is 1.17. The van der Waals surface area contributed by atoms with Crippen molar-refractivity contribution >= 4 is 0 Å². The van der Waals surface area contributed by atoms with E-state index in [4.69, 9.17) is 0 Å². The molecule has 0 amide bonds. The Morgan fingerprint density at radius 2 is 2.00 bits per heavy atom. The number of hydrogen-bond donors (Lipinski definition) is 1. The van der Waals surface area contributed by atoms with Crippen molar-refractivity contribution in [2.75, 3.05) is 0 Å². The largest absolute Gasteiger partial charge is 0.282 e. The molecule has 1 N–H and O–H groups in total. The summed E-state index contributed by atoms with van der Waals surface area (Å²) in [7, 11) is 0. The van der Waals surface area contributed by atoms with E-state index >= 15 is 0 Å². The molecule has 1 heterocycles. The summed E-state index contributed by atoms with van der Waals surface area (Å²) in [5.41, 5.74) is 3.83. The molecule has 1 rings (SSSR count). The van der Waals surface area contributed by atoms with Crippen molar-refractivity contribution in [1.29, 1.82) is 0 Å². The van der Waals surface area contributed by atoms with Crippen LogP contribution >= 0.6 is 0 Å². The highest BCUT2D eigenvalue weighted by molar-refractivity contribution is 5.22. The van der Waals surface area contributed by atoms with Crippen molar-refractivity contribution in [1.82, 2.24) is 10.2 Å². The lowest BCUT2D eigenvalue weighted by Crippen LogP contribution is -1.88. The molecule has 0 unspecified atom stereocenters. The minimum Gasteiger partial charge on any atom is -0.282 e. The van der Waals surface area contributed by atoms with Gasteiger partial charge in [-0.3, -0.25) is 5.10 Å². The van der Waals surface area contributed by atoms with Crippen LogP contribution in [0.4, 0.5) is 0 Å². The highest BCUT2D eigenvalue weighted by Gasteiger charge is 2.04. The fraction of sp³-hybridized carbons (Fsp3) is 0.700. The van der Waals surface area contributed by atoms with Gasteiger partial charge in [-0.2, -0.15) is 5.10 Å². The highest BCUT2D eigenvalue weighted by atomic mass is 15.1. The molecule has 0 bridgehead atoms. The molecule has 0 aliphatic carbocycles. The second kappa shape index (κ2) is 4.29. The standard InChI is InChI=1S/C10H18N2/c1-4-5-6-7-10-8(2)11-12-9(10)3/h4-7H2,1-3H3,(H,11,12). The van der Waals surface area contributed by atoms with Crippen molar-refractivity contribution in [2.24, 2.45) is 0 Å². The van der Waals surface area contributed by atoms with E-state index in [1.54, 1.807) is 0 Å². The molecule has 0 radical (unpaired) electrons. The summed E-state index contributed by atoms with van der Waals surface area (Å²) in [4.78, 5) is 0. The number of rotatable bonds is 4. The quantitative estimate of drug-likeness (QED) is 0.684. The number of aryl methyl sites for hydroxylation is 2. The second-order valence-corrected chi connectivity index (χ2v) is 3.37. The van der Waals surface area contributed by atoms with Gasteiger partial charge in [0, 0.05) is 5.69 Å². The molecule has 0 saturated carbocycles. The van der Waals surface area contributed by atoms with Gasteiger partial charge < -0.3 is 0 Å². The number of nitrogens with zero attached hydrogens (tertiary/aromatic N) is 1. The molecule has 2 heteroatoms. The van der Waals surface area contributed by atoms with Gasteiger partial charge in [0.1, 0.15) is 0 Å². The van der Waals surface area contributed by atoms with Crippen molar-refractivity contribution in [3.05, 3.63) is 17.0 Å². The fourth-order valence-electron chi connectivity index (χ4n) is 1.49. The maximum atomic E-state index is 4.17. The van der Waals surface area contributed by atoms with Gasteiger partial charge in [0.15, 0.2) is 0 Å². The van der Waals surface area contributed by atoms with Gasteiger partial charge in [-0.25, -0.2) is 0 Å². The molecule has 0 aliphatic rings. The van der Waals surface area contributed by atoms with E-state index in [0.717, 1.165) is 0 Å². The summed E-state index contributed by atoms with van der Waals surface area (Å²) in [6, 6.07) is 0. The summed E-state index contributed by atoms with van der Waals surface area (Å²) in [5, 5.41) is 7.18. The molecule has 12 heavy (non-hydrogen) atoms. The summed E-state index contributed by atoms with van der Waals surface area (Å²) in [6.45, 7) is 6.40. The normalized spacial score (nSPS) is 10.6. The third kappa shape index (κ3) is 2.10. The number of aromatic amines is 1. The van der Waals surface area contributed by atoms with E-state index in [2.05, 4.69) is 31.0 Å². The van der Waals surface area contributed by atoms with Crippen LogP contribution in [0.25, 0.3) is 0 Å². The van der Waals surface area contributed by atoms with Crippen LogP contribution in [0.2, 0.25) is 0 Å². The lowest BCUT2D eigenvalue weighted by atomic mass is 10.1. The van der Waals surface area contributed by atoms with Crippen molar-refractivity contribution < 1.29 is 0 Å². The highest BCUT2D eigenvalue weighted by Crippen LogP contribution is 2.13. The molecule has 1 aromatic heterocycles. The van der Waals surface area contributed by atoms with Crippen LogP contribution in [0.5, 0.6) is 0 Å². The monoisotopic (exact) mass is 166 g/mol. The minimum atomic E-state index is 1.17.